The molecular formula is C12H26BrN3. The van der Waals surface area contributed by atoms with E-state index < -0.39 is 0 Å². The summed E-state index contributed by atoms with van der Waals surface area (Å²) < 4.78 is 0. The van der Waals surface area contributed by atoms with Crippen LogP contribution >= 0.6 is 15.9 Å². The first-order valence-corrected chi connectivity index (χ1v) is 7.50. The van der Waals surface area contributed by atoms with Crippen LogP contribution in [0, 0.1) is 0 Å². The molecule has 0 atom stereocenters. The fourth-order valence-corrected chi connectivity index (χ4v) is 2.70. The van der Waals surface area contributed by atoms with Crippen molar-refractivity contribution in [3.05, 3.63) is 0 Å². The summed E-state index contributed by atoms with van der Waals surface area (Å²) in [5.74, 6) is 0. The molecule has 0 amide bonds. The quantitative estimate of drug-likeness (QED) is 0.684. The van der Waals surface area contributed by atoms with Crippen LogP contribution in [-0.4, -0.2) is 79.9 Å². The monoisotopic (exact) mass is 291 g/mol. The zero-order valence-electron chi connectivity index (χ0n) is 10.8. The summed E-state index contributed by atoms with van der Waals surface area (Å²) in [6.07, 6.45) is 2.63. The van der Waals surface area contributed by atoms with Gasteiger partial charge in [-0.15, -0.1) is 0 Å². The molecule has 0 aromatic heterocycles. The van der Waals surface area contributed by atoms with Gasteiger partial charge in [-0.25, -0.2) is 0 Å². The molecule has 0 N–H and O–H groups in total. The van der Waals surface area contributed by atoms with Crippen LogP contribution in [0.2, 0.25) is 0 Å². The minimum Gasteiger partial charge on any atom is -0.309 e. The van der Waals surface area contributed by atoms with Gasteiger partial charge in [-0.1, -0.05) is 15.9 Å². The van der Waals surface area contributed by atoms with E-state index in [9.17, 15) is 0 Å². The van der Waals surface area contributed by atoms with Gasteiger partial charge in [0.15, 0.2) is 0 Å². The molecule has 1 aliphatic rings. The number of hydrogen-bond acceptors (Lipinski definition) is 3. The van der Waals surface area contributed by atoms with Crippen molar-refractivity contribution < 1.29 is 0 Å². The molecule has 1 saturated heterocycles. The number of alkyl halides is 1. The molecule has 1 aliphatic heterocycles. The summed E-state index contributed by atoms with van der Waals surface area (Å²) in [4.78, 5) is 7.47. The lowest BCUT2D eigenvalue weighted by Gasteiger charge is -2.21. The Morgan fingerprint density at radius 1 is 1.00 bits per heavy atom. The molecular weight excluding hydrogens is 266 g/mol. The van der Waals surface area contributed by atoms with E-state index in [0.717, 1.165) is 5.33 Å². The first-order valence-electron chi connectivity index (χ1n) is 6.38. The number of hydrogen-bond donors (Lipinski definition) is 0. The highest BCUT2D eigenvalue weighted by atomic mass is 79.9. The molecule has 0 unspecified atom stereocenters. The van der Waals surface area contributed by atoms with Crippen molar-refractivity contribution in [1.82, 2.24) is 14.7 Å². The van der Waals surface area contributed by atoms with E-state index in [4.69, 9.17) is 0 Å². The van der Waals surface area contributed by atoms with E-state index in [1.54, 1.807) is 0 Å². The van der Waals surface area contributed by atoms with Gasteiger partial charge in [0, 0.05) is 25.0 Å². The van der Waals surface area contributed by atoms with Gasteiger partial charge in [0.1, 0.15) is 0 Å². The molecule has 0 spiro atoms. The molecule has 1 fully saturated rings. The lowest BCUT2D eigenvalue weighted by molar-refractivity contribution is 0.251. The Kier molecular flexibility index (Phi) is 7.62. The Hall–Kier alpha value is 0.360. The highest BCUT2D eigenvalue weighted by Gasteiger charge is 2.13. The van der Waals surface area contributed by atoms with Crippen LogP contribution in [0.5, 0.6) is 0 Å². The molecule has 0 saturated carbocycles. The molecule has 0 aliphatic carbocycles. The van der Waals surface area contributed by atoms with E-state index in [1.165, 1.54) is 58.7 Å². The highest BCUT2D eigenvalue weighted by Crippen LogP contribution is 2.04. The summed E-state index contributed by atoms with van der Waals surface area (Å²) in [7, 11) is 4.31. The van der Waals surface area contributed by atoms with E-state index >= 15 is 0 Å². The second kappa shape index (κ2) is 8.45. The molecule has 4 heteroatoms. The van der Waals surface area contributed by atoms with E-state index in [0.29, 0.717) is 0 Å². The largest absolute Gasteiger partial charge is 0.309 e. The summed E-state index contributed by atoms with van der Waals surface area (Å²) >= 11 is 3.52. The van der Waals surface area contributed by atoms with Crippen molar-refractivity contribution in [2.45, 2.75) is 12.8 Å². The van der Waals surface area contributed by atoms with Crippen LogP contribution in [0.3, 0.4) is 0 Å². The van der Waals surface area contributed by atoms with Gasteiger partial charge < -0.3 is 14.7 Å². The number of halogens is 1. The van der Waals surface area contributed by atoms with Gasteiger partial charge in [0.2, 0.25) is 0 Å². The topological polar surface area (TPSA) is 9.72 Å². The minimum absolute atomic E-state index is 1.10. The van der Waals surface area contributed by atoms with Crippen molar-refractivity contribution in [2.75, 3.05) is 65.2 Å². The van der Waals surface area contributed by atoms with Crippen molar-refractivity contribution >= 4 is 15.9 Å². The predicted molar refractivity (Wildman–Crippen MR) is 74.5 cm³/mol. The zero-order valence-corrected chi connectivity index (χ0v) is 12.4. The Morgan fingerprint density at radius 3 is 2.19 bits per heavy atom. The maximum atomic E-state index is 3.52. The standard InChI is InChI=1S/C12H26BrN3/c1-14(2)6-3-7-15-8-4-9-16(10-5-13)12-11-15/h3-12H2,1-2H3. The zero-order chi connectivity index (χ0) is 11.8. The molecule has 0 bridgehead atoms. The van der Waals surface area contributed by atoms with Gasteiger partial charge in [-0.05, 0) is 53.1 Å². The smallest absolute Gasteiger partial charge is 0.0159 e. The predicted octanol–water partition coefficient (Wildman–Crippen LogP) is 1.34. The number of rotatable bonds is 6. The Morgan fingerprint density at radius 2 is 1.62 bits per heavy atom. The summed E-state index contributed by atoms with van der Waals surface area (Å²) in [6, 6.07) is 0. The summed E-state index contributed by atoms with van der Waals surface area (Å²) in [6.45, 7) is 8.73. The molecule has 1 rings (SSSR count). The van der Waals surface area contributed by atoms with Gasteiger partial charge in [0.05, 0.1) is 0 Å². The van der Waals surface area contributed by atoms with E-state index in [-0.39, 0.29) is 0 Å². The van der Waals surface area contributed by atoms with Crippen LogP contribution in [0.1, 0.15) is 12.8 Å². The summed E-state index contributed by atoms with van der Waals surface area (Å²) in [5, 5.41) is 1.10. The van der Waals surface area contributed by atoms with Crippen molar-refractivity contribution in [3.63, 3.8) is 0 Å². The Balaban J connectivity index is 2.14. The average Bonchev–Trinajstić information content (AvgIpc) is 2.44. The van der Waals surface area contributed by atoms with Gasteiger partial charge in [0.25, 0.3) is 0 Å². The highest BCUT2D eigenvalue weighted by molar-refractivity contribution is 9.09. The van der Waals surface area contributed by atoms with Crippen molar-refractivity contribution in [2.24, 2.45) is 0 Å². The summed E-state index contributed by atoms with van der Waals surface area (Å²) in [5.41, 5.74) is 0. The third-order valence-electron chi connectivity index (χ3n) is 3.16. The van der Waals surface area contributed by atoms with Crippen LogP contribution < -0.4 is 0 Å². The third kappa shape index (κ3) is 6.18. The minimum atomic E-state index is 1.10. The van der Waals surface area contributed by atoms with Crippen molar-refractivity contribution in [3.8, 4) is 0 Å². The van der Waals surface area contributed by atoms with Crippen LogP contribution in [0.15, 0.2) is 0 Å². The molecule has 1 heterocycles. The fourth-order valence-electron chi connectivity index (χ4n) is 2.20. The van der Waals surface area contributed by atoms with Gasteiger partial charge in [-0.3, -0.25) is 0 Å². The first-order chi connectivity index (χ1) is 7.72. The van der Waals surface area contributed by atoms with Crippen LogP contribution in [0.4, 0.5) is 0 Å². The molecule has 3 nitrogen and oxygen atoms in total. The Labute approximate surface area is 109 Å². The fraction of sp³-hybridized carbons (Fsp3) is 1.00. The second-order valence-electron chi connectivity index (χ2n) is 4.88. The van der Waals surface area contributed by atoms with Crippen LogP contribution in [0.25, 0.3) is 0 Å². The lowest BCUT2D eigenvalue weighted by atomic mass is 10.3. The maximum absolute atomic E-state index is 3.52. The normalized spacial score (nSPS) is 20.2. The average molecular weight is 292 g/mol. The van der Waals surface area contributed by atoms with E-state index in [1.807, 2.05) is 0 Å². The van der Waals surface area contributed by atoms with E-state index in [2.05, 4.69) is 44.7 Å². The first kappa shape index (κ1) is 14.4. The van der Waals surface area contributed by atoms with Crippen LogP contribution in [-0.2, 0) is 0 Å². The molecule has 0 radical (unpaired) electrons. The SMILES string of the molecule is CN(C)CCCN1CCCN(CCBr)CC1. The number of nitrogens with zero attached hydrogens (tertiary/aromatic N) is 3. The van der Waals surface area contributed by atoms with Crippen molar-refractivity contribution in [1.29, 1.82) is 0 Å². The molecule has 96 valence electrons. The maximum Gasteiger partial charge on any atom is 0.0159 e. The molecule has 16 heavy (non-hydrogen) atoms. The van der Waals surface area contributed by atoms with Gasteiger partial charge >= 0.3 is 0 Å². The second-order valence-corrected chi connectivity index (χ2v) is 5.68. The molecule has 0 aromatic carbocycles. The lowest BCUT2D eigenvalue weighted by Crippen LogP contribution is -2.33. The molecule has 0 aromatic rings. The Bertz CT molecular complexity index is 176. The third-order valence-corrected chi connectivity index (χ3v) is 3.52. The van der Waals surface area contributed by atoms with Gasteiger partial charge in [-0.2, -0.15) is 0 Å².